The molecule has 0 aromatic heterocycles. The average Bonchev–Trinajstić information content (AvgIpc) is 2.12. The third kappa shape index (κ3) is 1.40. The van der Waals surface area contributed by atoms with Gasteiger partial charge in [-0.3, -0.25) is 0 Å². The fourth-order valence-electron chi connectivity index (χ4n) is 1.81. The van der Waals surface area contributed by atoms with Gasteiger partial charge in [0.1, 0.15) is 17.3 Å². The number of fused-ring (bicyclic) bond motifs is 1. The van der Waals surface area contributed by atoms with Crippen LogP contribution in [-0.4, -0.2) is 10.2 Å². The zero-order valence-electron chi connectivity index (χ0n) is 8.50. The first-order valence-corrected chi connectivity index (χ1v) is 4.62. The number of aryl methyl sites for hydroxylation is 2. The molecule has 0 aliphatic carbocycles. The standard InChI is InChI=1S/C12H11FO2/c1-6-3-11(15)7(2)9-4-8(14)5-10(13)12(6)9/h3-5,14-15H,1-2H3. The fraction of sp³-hybridized carbons (Fsp3) is 0.167. The highest BCUT2D eigenvalue weighted by Crippen LogP contribution is 2.33. The van der Waals surface area contributed by atoms with Crippen LogP contribution in [0.15, 0.2) is 18.2 Å². The number of benzene rings is 2. The van der Waals surface area contributed by atoms with Gasteiger partial charge in [-0.2, -0.15) is 0 Å². The van der Waals surface area contributed by atoms with Gasteiger partial charge in [0.05, 0.1) is 0 Å². The van der Waals surface area contributed by atoms with Crippen LogP contribution < -0.4 is 0 Å². The van der Waals surface area contributed by atoms with E-state index in [-0.39, 0.29) is 11.5 Å². The lowest BCUT2D eigenvalue weighted by Gasteiger charge is -2.09. The molecular weight excluding hydrogens is 195 g/mol. The smallest absolute Gasteiger partial charge is 0.134 e. The maximum Gasteiger partial charge on any atom is 0.134 e. The van der Waals surface area contributed by atoms with Gasteiger partial charge in [0.2, 0.25) is 0 Å². The maximum absolute atomic E-state index is 13.6. The van der Waals surface area contributed by atoms with Crippen LogP contribution in [0.3, 0.4) is 0 Å². The van der Waals surface area contributed by atoms with Crippen molar-refractivity contribution >= 4 is 10.8 Å². The molecule has 0 aliphatic heterocycles. The first kappa shape index (κ1) is 9.77. The molecule has 0 spiro atoms. The van der Waals surface area contributed by atoms with Crippen LogP contribution >= 0.6 is 0 Å². The maximum atomic E-state index is 13.6. The Morgan fingerprint density at radius 1 is 1.07 bits per heavy atom. The molecule has 0 bridgehead atoms. The van der Waals surface area contributed by atoms with Gasteiger partial charge in [0.25, 0.3) is 0 Å². The van der Waals surface area contributed by atoms with Gasteiger partial charge < -0.3 is 10.2 Å². The van der Waals surface area contributed by atoms with Crippen LogP contribution in [0.25, 0.3) is 10.8 Å². The first-order chi connectivity index (χ1) is 7.00. The third-order valence-corrected chi connectivity index (χ3v) is 2.61. The summed E-state index contributed by atoms with van der Waals surface area (Å²) in [5.74, 6) is -0.483. The normalized spacial score (nSPS) is 10.9. The van der Waals surface area contributed by atoms with Crippen molar-refractivity contribution in [3.8, 4) is 11.5 Å². The van der Waals surface area contributed by atoms with Crippen molar-refractivity contribution in [2.24, 2.45) is 0 Å². The second-order valence-corrected chi connectivity index (χ2v) is 3.69. The highest BCUT2D eigenvalue weighted by atomic mass is 19.1. The SMILES string of the molecule is Cc1c(O)cc(C)c2c(F)cc(O)cc12. The summed E-state index contributed by atoms with van der Waals surface area (Å²) in [7, 11) is 0. The van der Waals surface area contributed by atoms with Crippen LogP contribution in [0.5, 0.6) is 11.5 Å². The first-order valence-electron chi connectivity index (χ1n) is 4.62. The second kappa shape index (κ2) is 3.12. The molecule has 78 valence electrons. The molecule has 0 atom stereocenters. The molecule has 0 saturated heterocycles. The summed E-state index contributed by atoms with van der Waals surface area (Å²) in [6, 6.07) is 4.06. The topological polar surface area (TPSA) is 40.5 Å². The lowest BCUT2D eigenvalue weighted by atomic mass is 9.99. The van der Waals surface area contributed by atoms with E-state index >= 15 is 0 Å². The highest BCUT2D eigenvalue weighted by Gasteiger charge is 2.11. The monoisotopic (exact) mass is 206 g/mol. The quantitative estimate of drug-likeness (QED) is 0.695. The Morgan fingerprint density at radius 3 is 2.40 bits per heavy atom. The van der Waals surface area contributed by atoms with Crippen molar-refractivity contribution in [2.75, 3.05) is 0 Å². The summed E-state index contributed by atoms with van der Waals surface area (Å²) < 4.78 is 13.6. The van der Waals surface area contributed by atoms with E-state index in [1.54, 1.807) is 13.8 Å². The Balaban J connectivity index is 3.02. The summed E-state index contributed by atoms with van der Waals surface area (Å²) in [5, 5.41) is 19.9. The molecule has 0 unspecified atom stereocenters. The molecule has 2 aromatic rings. The van der Waals surface area contributed by atoms with Gasteiger partial charge in [-0.05, 0) is 42.5 Å². The number of halogens is 1. The van der Waals surface area contributed by atoms with E-state index in [0.717, 1.165) is 6.07 Å². The molecule has 2 nitrogen and oxygen atoms in total. The van der Waals surface area contributed by atoms with E-state index in [4.69, 9.17) is 0 Å². The molecule has 0 saturated carbocycles. The molecule has 2 N–H and O–H groups in total. The minimum Gasteiger partial charge on any atom is -0.508 e. The second-order valence-electron chi connectivity index (χ2n) is 3.69. The Morgan fingerprint density at radius 2 is 1.73 bits per heavy atom. The van der Waals surface area contributed by atoms with Gasteiger partial charge in [-0.15, -0.1) is 0 Å². The molecule has 2 rings (SSSR count). The van der Waals surface area contributed by atoms with E-state index in [1.165, 1.54) is 12.1 Å². The van der Waals surface area contributed by atoms with Crippen molar-refractivity contribution < 1.29 is 14.6 Å². The van der Waals surface area contributed by atoms with Gasteiger partial charge in [0, 0.05) is 11.5 Å². The Kier molecular flexibility index (Phi) is 2.03. The largest absolute Gasteiger partial charge is 0.508 e. The molecule has 2 aromatic carbocycles. The third-order valence-electron chi connectivity index (χ3n) is 2.61. The number of aromatic hydroxyl groups is 2. The molecule has 15 heavy (non-hydrogen) atoms. The molecule has 0 heterocycles. The van der Waals surface area contributed by atoms with Crippen LogP contribution in [-0.2, 0) is 0 Å². The predicted octanol–water partition coefficient (Wildman–Crippen LogP) is 3.01. The minimum absolute atomic E-state index is 0.116. The number of phenols is 2. The van der Waals surface area contributed by atoms with Gasteiger partial charge in [-0.1, -0.05) is 0 Å². The van der Waals surface area contributed by atoms with Gasteiger partial charge in [0.15, 0.2) is 0 Å². The van der Waals surface area contributed by atoms with E-state index in [9.17, 15) is 14.6 Å². The summed E-state index contributed by atoms with van der Waals surface area (Å²) in [5.41, 5.74) is 1.23. The number of hydrogen-bond donors (Lipinski definition) is 2. The van der Waals surface area contributed by atoms with Crippen molar-refractivity contribution in [3.05, 3.63) is 35.1 Å². The van der Waals surface area contributed by atoms with E-state index in [2.05, 4.69) is 0 Å². The Hall–Kier alpha value is -1.77. The fourth-order valence-corrected chi connectivity index (χ4v) is 1.81. The highest BCUT2D eigenvalue weighted by molar-refractivity contribution is 5.91. The molecule has 0 aliphatic rings. The zero-order chi connectivity index (χ0) is 11.2. The lowest BCUT2D eigenvalue weighted by Crippen LogP contribution is -1.88. The lowest BCUT2D eigenvalue weighted by molar-refractivity contribution is 0.468. The molecule has 0 radical (unpaired) electrons. The van der Waals surface area contributed by atoms with E-state index in [1.807, 2.05) is 0 Å². The van der Waals surface area contributed by atoms with Crippen LogP contribution in [0.1, 0.15) is 11.1 Å². The van der Waals surface area contributed by atoms with Crippen molar-refractivity contribution in [2.45, 2.75) is 13.8 Å². The number of rotatable bonds is 0. The Bertz CT molecular complexity index is 539. The average molecular weight is 206 g/mol. The molecular formula is C12H11FO2. The van der Waals surface area contributed by atoms with E-state index < -0.39 is 5.82 Å². The van der Waals surface area contributed by atoms with Crippen molar-refractivity contribution in [1.29, 1.82) is 0 Å². The number of hydrogen-bond acceptors (Lipinski definition) is 2. The van der Waals surface area contributed by atoms with Crippen LogP contribution in [0.4, 0.5) is 4.39 Å². The Labute approximate surface area is 86.6 Å². The minimum atomic E-state index is -0.467. The number of phenolic OH excluding ortho intramolecular Hbond substituents is 2. The van der Waals surface area contributed by atoms with Crippen molar-refractivity contribution in [3.63, 3.8) is 0 Å². The molecule has 0 amide bonds. The van der Waals surface area contributed by atoms with E-state index in [0.29, 0.717) is 21.9 Å². The van der Waals surface area contributed by atoms with Crippen molar-refractivity contribution in [1.82, 2.24) is 0 Å². The zero-order valence-corrected chi connectivity index (χ0v) is 8.50. The predicted molar refractivity (Wildman–Crippen MR) is 56.7 cm³/mol. The van der Waals surface area contributed by atoms with Crippen LogP contribution in [0, 0.1) is 19.7 Å². The summed E-state index contributed by atoms with van der Waals surface area (Å²) >= 11 is 0. The summed E-state index contributed by atoms with van der Waals surface area (Å²) in [6.45, 7) is 3.41. The summed E-state index contributed by atoms with van der Waals surface area (Å²) in [4.78, 5) is 0. The molecule has 0 fully saturated rings. The molecule has 3 heteroatoms. The van der Waals surface area contributed by atoms with Gasteiger partial charge >= 0.3 is 0 Å². The van der Waals surface area contributed by atoms with Crippen LogP contribution in [0.2, 0.25) is 0 Å². The summed E-state index contributed by atoms with van der Waals surface area (Å²) in [6.07, 6.45) is 0. The van der Waals surface area contributed by atoms with Gasteiger partial charge in [-0.25, -0.2) is 4.39 Å².